The number of rotatable bonds is 4. The second-order valence-corrected chi connectivity index (χ2v) is 3.25. The van der Waals surface area contributed by atoms with Gasteiger partial charge in [-0.25, -0.2) is 4.39 Å². The van der Waals surface area contributed by atoms with E-state index in [1.807, 2.05) is 6.92 Å². The van der Waals surface area contributed by atoms with E-state index >= 15 is 0 Å². The number of hydrogen-bond donors (Lipinski definition) is 2. The van der Waals surface area contributed by atoms with Crippen LogP contribution in [0.15, 0.2) is 10.6 Å². The summed E-state index contributed by atoms with van der Waals surface area (Å²) in [5, 5.41) is 2.61. The highest BCUT2D eigenvalue weighted by Gasteiger charge is 2.07. The van der Waals surface area contributed by atoms with Crippen LogP contribution in [0.5, 0.6) is 0 Å². The molecule has 0 aromatic carbocycles. The van der Waals surface area contributed by atoms with Crippen molar-refractivity contribution in [1.82, 2.24) is 5.32 Å². The van der Waals surface area contributed by atoms with Gasteiger partial charge in [0, 0.05) is 10.5 Å². The predicted molar refractivity (Wildman–Crippen MR) is 49.2 cm³/mol. The lowest BCUT2D eigenvalue weighted by Crippen LogP contribution is -2.25. The molecule has 0 amide bonds. The Morgan fingerprint density at radius 3 is 2.73 bits per heavy atom. The van der Waals surface area contributed by atoms with Gasteiger partial charge in [0.2, 0.25) is 0 Å². The lowest BCUT2D eigenvalue weighted by Gasteiger charge is -2.08. The van der Waals surface area contributed by atoms with Crippen LogP contribution in [0.2, 0.25) is 0 Å². The molecule has 0 bridgehead atoms. The van der Waals surface area contributed by atoms with Crippen LogP contribution in [0, 0.1) is 0 Å². The van der Waals surface area contributed by atoms with Gasteiger partial charge in [-0.3, -0.25) is 5.32 Å². The summed E-state index contributed by atoms with van der Waals surface area (Å²) in [4.78, 5) is 0. The van der Waals surface area contributed by atoms with Gasteiger partial charge in [-0.1, -0.05) is 28.9 Å². The molecule has 0 radical (unpaired) electrons. The van der Waals surface area contributed by atoms with Gasteiger partial charge in [0.15, 0.2) is 6.30 Å². The van der Waals surface area contributed by atoms with Gasteiger partial charge in [-0.05, 0) is 13.5 Å². The highest BCUT2D eigenvalue weighted by molar-refractivity contribution is 9.11. The smallest absolute Gasteiger partial charge is 0.183 e. The zero-order chi connectivity index (χ0) is 8.85. The average Bonchev–Trinajstić information content (AvgIpc) is 1.86. The van der Waals surface area contributed by atoms with Gasteiger partial charge in [0.25, 0.3) is 0 Å². The van der Waals surface area contributed by atoms with Crippen molar-refractivity contribution in [2.24, 2.45) is 5.73 Å². The second kappa shape index (κ2) is 5.69. The molecule has 3 N–H and O–H groups in total. The normalized spacial score (nSPS) is 18.1. The fraction of sp³-hybridized carbons (Fsp3) is 0.714. The van der Waals surface area contributed by atoms with Crippen molar-refractivity contribution in [1.29, 1.82) is 0 Å². The zero-order valence-electron chi connectivity index (χ0n) is 6.77. The van der Waals surface area contributed by atoms with Crippen molar-refractivity contribution in [3.8, 4) is 0 Å². The highest BCUT2D eigenvalue weighted by atomic mass is 79.9. The Balaban J connectivity index is 3.89. The quantitative estimate of drug-likeness (QED) is 0.712. The molecule has 0 aliphatic carbocycles. The Kier molecular flexibility index (Phi) is 5.72. The Bertz CT molecular complexity index is 136. The molecular formula is C7H14BrFN2. The van der Waals surface area contributed by atoms with Gasteiger partial charge in [0.05, 0.1) is 0 Å². The third kappa shape index (κ3) is 5.35. The van der Waals surface area contributed by atoms with Crippen LogP contribution in [0.4, 0.5) is 4.39 Å². The van der Waals surface area contributed by atoms with E-state index in [0.717, 1.165) is 0 Å². The van der Waals surface area contributed by atoms with Crippen LogP contribution in [-0.4, -0.2) is 18.9 Å². The maximum atomic E-state index is 12.9. The summed E-state index contributed by atoms with van der Waals surface area (Å²) in [5.74, 6) is 0. The highest BCUT2D eigenvalue weighted by Crippen LogP contribution is 2.12. The Morgan fingerprint density at radius 1 is 1.82 bits per heavy atom. The van der Waals surface area contributed by atoms with Crippen molar-refractivity contribution < 1.29 is 4.39 Å². The number of halogens is 2. The first-order valence-electron chi connectivity index (χ1n) is 3.58. The summed E-state index contributed by atoms with van der Waals surface area (Å²) >= 11 is 3.09. The molecule has 0 heterocycles. The van der Waals surface area contributed by atoms with Crippen LogP contribution >= 0.6 is 15.9 Å². The largest absolute Gasteiger partial charge is 0.325 e. The van der Waals surface area contributed by atoms with E-state index in [9.17, 15) is 4.39 Å². The van der Waals surface area contributed by atoms with Crippen LogP contribution in [0.1, 0.15) is 13.8 Å². The molecule has 11 heavy (non-hydrogen) atoms. The van der Waals surface area contributed by atoms with Crippen LogP contribution in [-0.2, 0) is 0 Å². The molecule has 0 aliphatic heterocycles. The monoisotopic (exact) mass is 224 g/mol. The number of hydrogen-bond acceptors (Lipinski definition) is 2. The fourth-order valence-electron chi connectivity index (χ4n) is 0.612. The molecular weight excluding hydrogens is 211 g/mol. The summed E-state index contributed by atoms with van der Waals surface area (Å²) in [6.07, 6.45) is 0.499. The summed E-state index contributed by atoms with van der Waals surface area (Å²) in [7, 11) is 0. The minimum absolute atomic E-state index is 0.124. The van der Waals surface area contributed by atoms with E-state index in [0.29, 0.717) is 11.0 Å². The van der Waals surface area contributed by atoms with Gasteiger partial charge in [0.1, 0.15) is 0 Å². The molecule has 4 heteroatoms. The van der Waals surface area contributed by atoms with Gasteiger partial charge in [-0.15, -0.1) is 0 Å². The van der Waals surface area contributed by atoms with Crippen molar-refractivity contribution in [2.45, 2.75) is 26.2 Å². The van der Waals surface area contributed by atoms with E-state index in [2.05, 4.69) is 21.2 Å². The molecule has 0 saturated heterocycles. The van der Waals surface area contributed by atoms with E-state index in [1.165, 1.54) is 0 Å². The van der Waals surface area contributed by atoms with E-state index in [-0.39, 0.29) is 6.04 Å². The Labute approximate surface area is 75.2 Å². The van der Waals surface area contributed by atoms with Crippen molar-refractivity contribution in [2.75, 3.05) is 6.54 Å². The van der Waals surface area contributed by atoms with Gasteiger partial charge in [-0.2, -0.15) is 0 Å². The SMILES string of the molecule is CCN[C@H](F)/C(Br)=C\[C@@H](C)N. The summed E-state index contributed by atoms with van der Waals surface area (Å²) in [6, 6.07) is -0.124. The second-order valence-electron chi connectivity index (χ2n) is 2.33. The number of nitrogens with one attached hydrogen (secondary N) is 1. The van der Waals surface area contributed by atoms with Crippen molar-refractivity contribution in [3.63, 3.8) is 0 Å². The third-order valence-corrected chi connectivity index (χ3v) is 1.71. The lowest BCUT2D eigenvalue weighted by atomic mass is 10.3. The van der Waals surface area contributed by atoms with Crippen LogP contribution < -0.4 is 11.1 Å². The standard InChI is InChI=1S/C7H14BrFN2/c1-3-11-7(9)6(8)4-5(2)10/h4-5,7,11H,3,10H2,1-2H3/b6-4+/t5-,7+/m1/s1. The van der Waals surface area contributed by atoms with Crippen molar-refractivity contribution in [3.05, 3.63) is 10.6 Å². The van der Waals surface area contributed by atoms with Crippen LogP contribution in [0.25, 0.3) is 0 Å². The molecule has 0 rings (SSSR count). The maximum Gasteiger partial charge on any atom is 0.183 e. The predicted octanol–water partition coefficient (Wildman–Crippen LogP) is 1.52. The average molecular weight is 225 g/mol. The summed E-state index contributed by atoms with van der Waals surface area (Å²) in [6.45, 7) is 4.24. The lowest BCUT2D eigenvalue weighted by molar-refractivity contribution is 0.336. The first kappa shape index (κ1) is 11.1. The van der Waals surface area contributed by atoms with E-state index < -0.39 is 6.30 Å². The molecule has 0 saturated carbocycles. The first-order valence-corrected chi connectivity index (χ1v) is 4.37. The molecule has 0 unspecified atom stereocenters. The molecule has 0 aliphatic rings. The molecule has 0 spiro atoms. The maximum absolute atomic E-state index is 12.9. The number of alkyl halides is 1. The third-order valence-electron chi connectivity index (χ3n) is 1.05. The van der Waals surface area contributed by atoms with Crippen molar-refractivity contribution >= 4 is 15.9 Å². The van der Waals surface area contributed by atoms with E-state index in [1.54, 1.807) is 13.0 Å². The van der Waals surface area contributed by atoms with Crippen LogP contribution in [0.3, 0.4) is 0 Å². The molecule has 0 aromatic heterocycles. The minimum Gasteiger partial charge on any atom is -0.325 e. The molecule has 66 valence electrons. The molecule has 2 nitrogen and oxygen atoms in total. The molecule has 0 aromatic rings. The summed E-state index contributed by atoms with van der Waals surface area (Å²) in [5.41, 5.74) is 5.43. The fourth-order valence-corrected chi connectivity index (χ4v) is 1.19. The molecule has 0 fully saturated rings. The van der Waals surface area contributed by atoms with Gasteiger partial charge < -0.3 is 5.73 Å². The Hall–Kier alpha value is 0.0700. The van der Waals surface area contributed by atoms with E-state index in [4.69, 9.17) is 5.73 Å². The number of likely N-dealkylation sites (N-methyl/N-ethyl adjacent to an activating group) is 1. The zero-order valence-corrected chi connectivity index (χ0v) is 8.36. The summed E-state index contributed by atoms with van der Waals surface area (Å²) < 4.78 is 13.3. The molecule has 2 atom stereocenters. The first-order chi connectivity index (χ1) is 5.07. The Morgan fingerprint density at radius 2 is 2.36 bits per heavy atom. The van der Waals surface area contributed by atoms with Gasteiger partial charge >= 0.3 is 0 Å². The topological polar surface area (TPSA) is 38.0 Å². The number of nitrogens with two attached hydrogens (primary N) is 1. The minimum atomic E-state index is -1.13.